The minimum atomic E-state index is -0.0987. The highest BCUT2D eigenvalue weighted by atomic mass is 127. The molecule has 6 nitrogen and oxygen atoms in total. The molecule has 96 valence electrons. The molecule has 0 N–H and O–H groups in total. The van der Waals surface area contributed by atoms with Crippen LogP contribution >= 0.6 is 23.0 Å². The van der Waals surface area contributed by atoms with E-state index in [1.54, 1.807) is 19.7 Å². The third-order valence-electron chi connectivity index (χ3n) is 3.52. The van der Waals surface area contributed by atoms with Crippen LogP contribution in [-0.4, -0.2) is 25.2 Å². The van der Waals surface area contributed by atoms with Crippen LogP contribution in [-0.2, 0) is 10.1 Å². The molecule has 0 aliphatic heterocycles. The Kier molecular flexibility index (Phi) is 3.10. The third kappa shape index (κ3) is 1.85. The van der Waals surface area contributed by atoms with Gasteiger partial charge in [0.25, 0.3) is 5.56 Å². The molecule has 2 unspecified atom stereocenters. The lowest BCUT2D eigenvalue weighted by Crippen LogP contribution is -2.18. The molecule has 18 heavy (non-hydrogen) atoms. The van der Waals surface area contributed by atoms with Crippen molar-refractivity contribution in [3.63, 3.8) is 0 Å². The van der Waals surface area contributed by atoms with E-state index in [9.17, 15) is 4.79 Å². The molecule has 2 heterocycles. The third-order valence-corrected chi connectivity index (χ3v) is 4.24. The second-order valence-corrected chi connectivity index (χ2v) is 5.17. The summed E-state index contributed by atoms with van der Waals surface area (Å²) in [6.07, 6.45) is 6.59. The summed E-state index contributed by atoms with van der Waals surface area (Å²) in [5.41, 5.74) is 1.02. The summed E-state index contributed by atoms with van der Waals surface area (Å²) in [5, 5.41) is 0. The number of halogens is 1. The van der Waals surface area contributed by atoms with Gasteiger partial charge in [-0.3, -0.25) is 4.79 Å². The molecule has 0 spiro atoms. The van der Waals surface area contributed by atoms with Gasteiger partial charge in [0.1, 0.15) is 23.0 Å². The number of fused-ring (bicyclic) bond motifs is 1. The molecule has 0 saturated heterocycles. The predicted molar refractivity (Wildman–Crippen MR) is 74.6 cm³/mol. The Labute approximate surface area is 118 Å². The van der Waals surface area contributed by atoms with E-state index in [0.29, 0.717) is 23.3 Å². The monoisotopic (exact) mass is 360 g/mol. The average molecular weight is 360 g/mol. The minimum Gasteiger partial charge on any atom is -0.312 e. The van der Waals surface area contributed by atoms with E-state index in [4.69, 9.17) is 3.07 Å². The van der Waals surface area contributed by atoms with Crippen LogP contribution in [0, 0.1) is 0 Å². The Morgan fingerprint density at radius 3 is 2.94 bits per heavy atom. The first kappa shape index (κ1) is 12.1. The zero-order valence-corrected chi connectivity index (χ0v) is 12.1. The normalized spacial score (nSPS) is 23.9. The highest BCUT2D eigenvalue weighted by Crippen LogP contribution is 2.33. The first-order valence-electron chi connectivity index (χ1n) is 5.86. The molecular weight excluding hydrogens is 347 g/mol. The fourth-order valence-corrected chi connectivity index (χ4v) is 2.97. The summed E-state index contributed by atoms with van der Waals surface area (Å²) in [7, 11) is 1.68. The maximum absolute atomic E-state index is 11.9. The quantitative estimate of drug-likeness (QED) is 0.764. The largest absolute Gasteiger partial charge is 0.312 e. The van der Waals surface area contributed by atoms with Crippen molar-refractivity contribution in [1.82, 2.24) is 19.1 Å². The number of nitrogens with zero attached hydrogens (tertiary/aromatic N) is 4. The van der Waals surface area contributed by atoms with E-state index < -0.39 is 0 Å². The van der Waals surface area contributed by atoms with Crippen molar-refractivity contribution in [3.8, 4) is 0 Å². The van der Waals surface area contributed by atoms with E-state index in [1.807, 2.05) is 27.6 Å². The van der Waals surface area contributed by atoms with Gasteiger partial charge in [-0.15, -0.1) is 0 Å². The van der Waals surface area contributed by atoms with Crippen LogP contribution < -0.4 is 5.56 Å². The molecule has 0 aromatic carbocycles. The molecule has 1 aliphatic carbocycles. The molecule has 1 fully saturated rings. The lowest BCUT2D eigenvalue weighted by Gasteiger charge is -2.12. The highest BCUT2D eigenvalue weighted by molar-refractivity contribution is 14.1. The topological polar surface area (TPSA) is 61.9 Å². The summed E-state index contributed by atoms with van der Waals surface area (Å²) in [6.45, 7) is 0. The van der Waals surface area contributed by atoms with E-state index in [2.05, 4.69) is 9.97 Å². The smallest absolute Gasteiger partial charge is 0.281 e. The summed E-state index contributed by atoms with van der Waals surface area (Å²) in [6, 6.07) is 0.328. The van der Waals surface area contributed by atoms with Crippen molar-refractivity contribution in [1.29, 1.82) is 0 Å². The zero-order valence-electron chi connectivity index (χ0n) is 9.91. The molecule has 0 amide bonds. The number of rotatable bonds is 2. The zero-order chi connectivity index (χ0) is 12.7. The first-order chi connectivity index (χ1) is 8.70. The Morgan fingerprint density at radius 2 is 2.22 bits per heavy atom. The molecule has 3 rings (SSSR count). The van der Waals surface area contributed by atoms with Crippen molar-refractivity contribution in [2.24, 2.45) is 7.05 Å². The standard InChI is InChI=1S/C11H13IN4O2/c1-15-5-14-10-9(11(15)17)13-6-16(10)7-2-3-8(4-7)18-12/h5-8H,2-4H2,1H3. The van der Waals surface area contributed by atoms with E-state index >= 15 is 0 Å². The molecule has 1 saturated carbocycles. The average Bonchev–Trinajstić information content (AvgIpc) is 2.99. The van der Waals surface area contributed by atoms with Crippen LogP contribution in [0.4, 0.5) is 0 Å². The Hall–Kier alpha value is -0.960. The number of aromatic nitrogens is 4. The van der Waals surface area contributed by atoms with Crippen molar-refractivity contribution in [3.05, 3.63) is 23.0 Å². The Balaban J connectivity index is 2.04. The van der Waals surface area contributed by atoms with E-state index in [0.717, 1.165) is 19.3 Å². The van der Waals surface area contributed by atoms with Crippen LogP contribution in [0.3, 0.4) is 0 Å². The van der Waals surface area contributed by atoms with Crippen molar-refractivity contribution < 1.29 is 3.07 Å². The van der Waals surface area contributed by atoms with Gasteiger partial charge in [-0.2, -0.15) is 0 Å². The van der Waals surface area contributed by atoms with Gasteiger partial charge in [0.15, 0.2) is 11.2 Å². The summed E-state index contributed by atoms with van der Waals surface area (Å²) in [4.78, 5) is 20.4. The fourth-order valence-electron chi connectivity index (χ4n) is 2.51. The van der Waals surface area contributed by atoms with Crippen LogP contribution in [0.15, 0.2) is 17.4 Å². The number of hydrogen-bond donors (Lipinski definition) is 0. The lowest BCUT2D eigenvalue weighted by molar-refractivity contribution is 0.283. The summed E-state index contributed by atoms with van der Waals surface area (Å²) in [5.74, 6) is 0. The van der Waals surface area contributed by atoms with Gasteiger partial charge in [-0.1, -0.05) is 0 Å². The Morgan fingerprint density at radius 1 is 1.39 bits per heavy atom. The minimum absolute atomic E-state index is 0.0987. The van der Waals surface area contributed by atoms with Crippen LogP contribution in [0.5, 0.6) is 0 Å². The number of imidazole rings is 1. The van der Waals surface area contributed by atoms with Gasteiger partial charge >= 0.3 is 0 Å². The highest BCUT2D eigenvalue weighted by Gasteiger charge is 2.27. The van der Waals surface area contributed by atoms with Crippen LogP contribution in [0.25, 0.3) is 11.2 Å². The molecule has 7 heteroatoms. The van der Waals surface area contributed by atoms with Crippen LogP contribution in [0.2, 0.25) is 0 Å². The predicted octanol–water partition coefficient (Wildman–Crippen LogP) is 1.59. The maximum Gasteiger partial charge on any atom is 0.281 e. The molecule has 0 bridgehead atoms. The van der Waals surface area contributed by atoms with Crippen molar-refractivity contribution in [2.75, 3.05) is 0 Å². The van der Waals surface area contributed by atoms with Gasteiger partial charge in [0.2, 0.25) is 0 Å². The molecule has 0 radical (unpaired) electrons. The molecule has 2 aromatic rings. The SMILES string of the molecule is Cn1cnc2c(ncn2C2CCC(OI)C2)c1=O. The molecule has 1 aliphatic rings. The number of aryl methyl sites for hydroxylation is 1. The second-order valence-electron chi connectivity index (χ2n) is 4.66. The summed E-state index contributed by atoms with van der Waals surface area (Å²) < 4.78 is 8.80. The maximum atomic E-state index is 11.9. The summed E-state index contributed by atoms with van der Waals surface area (Å²) >= 11 is 1.95. The van der Waals surface area contributed by atoms with Gasteiger partial charge in [0.05, 0.1) is 18.8 Å². The molecule has 2 aromatic heterocycles. The fraction of sp³-hybridized carbons (Fsp3) is 0.545. The van der Waals surface area contributed by atoms with E-state index in [-0.39, 0.29) is 5.56 Å². The van der Waals surface area contributed by atoms with E-state index in [1.165, 1.54) is 4.57 Å². The lowest BCUT2D eigenvalue weighted by atomic mass is 10.2. The van der Waals surface area contributed by atoms with Crippen LogP contribution in [0.1, 0.15) is 25.3 Å². The Bertz CT molecular complexity index is 635. The number of hydrogen-bond acceptors (Lipinski definition) is 4. The van der Waals surface area contributed by atoms with Gasteiger partial charge < -0.3 is 12.2 Å². The van der Waals surface area contributed by atoms with Gasteiger partial charge in [-0.25, -0.2) is 9.97 Å². The van der Waals surface area contributed by atoms with Crippen molar-refractivity contribution in [2.45, 2.75) is 31.4 Å². The molecular formula is C11H13IN4O2. The second kappa shape index (κ2) is 4.61. The molecule has 2 atom stereocenters. The first-order valence-corrected chi connectivity index (χ1v) is 6.74. The van der Waals surface area contributed by atoms with Gasteiger partial charge in [-0.05, 0) is 19.3 Å². The van der Waals surface area contributed by atoms with Crippen molar-refractivity contribution >= 4 is 34.2 Å². The van der Waals surface area contributed by atoms with Gasteiger partial charge in [0, 0.05) is 13.1 Å².